The van der Waals surface area contributed by atoms with Gasteiger partial charge < -0.3 is 10.2 Å². The molecule has 0 radical (unpaired) electrons. The van der Waals surface area contributed by atoms with Crippen LogP contribution in [0, 0.1) is 5.82 Å². The Morgan fingerprint density at radius 3 is 2.08 bits per heavy atom. The first kappa shape index (κ1) is 30.8. The summed E-state index contributed by atoms with van der Waals surface area (Å²) in [6, 6.07) is 19.9. The SMILES string of the molecule is CCCNC(=O)[C@@H](CC)N(Cc1ccc(F)cc1)C(=O)CN(c1ccc(C(C)C)cc1)S(=O)(=O)c1ccccc1. The third kappa shape index (κ3) is 7.69. The highest BCUT2D eigenvalue weighted by molar-refractivity contribution is 7.92. The fourth-order valence-corrected chi connectivity index (χ4v) is 5.78. The normalized spacial score (nSPS) is 12.2. The summed E-state index contributed by atoms with van der Waals surface area (Å²) >= 11 is 0. The van der Waals surface area contributed by atoms with Crippen molar-refractivity contribution in [3.63, 3.8) is 0 Å². The van der Waals surface area contributed by atoms with Gasteiger partial charge in [-0.3, -0.25) is 13.9 Å². The molecule has 0 saturated carbocycles. The molecular formula is C31H38FN3O4S. The van der Waals surface area contributed by atoms with E-state index in [2.05, 4.69) is 5.32 Å². The summed E-state index contributed by atoms with van der Waals surface area (Å²) in [5, 5.41) is 2.85. The lowest BCUT2D eigenvalue weighted by Crippen LogP contribution is -2.52. The molecule has 0 fully saturated rings. The Labute approximate surface area is 237 Å². The average molecular weight is 568 g/mol. The number of halogens is 1. The highest BCUT2D eigenvalue weighted by atomic mass is 32.2. The molecule has 3 aromatic carbocycles. The number of amides is 2. The van der Waals surface area contributed by atoms with Crippen LogP contribution in [0.15, 0.2) is 83.8 Å². The van der Waals surface area contributed by atoms with E-state index in [-0.39, 0.29) is 23.3 Å². The predicted octanol–water partition coefficient (Wildman–Crippen LogP) is 5.48. The predicted molar refractivity (Wildman–Crippen MR) is 156 cm³/mol. The Morgan fingerprint density at radius 1 is 0.900 bits per heavy atom. The van der Waals surface area contributed by atoms with Gasteiger partial charge in [0, 0.05) is 13.1 Å². The summed E-state index contributed by atoms with van der Waals surface area (Å²) in [5.74, 6) is -1.04. The maximum atomic E-state index is 14.0. The number of nitrogens with zero attached hydrogens (tertiary/aromatic N) is 2. The number of hydrogen-bond acceptors (Lipinski definition) is 4. The zero-order valence-electron chi connectivity index (χ0n) is 23.5. The lowest BCUT2D eigenvalue weighted by atomic mass is 10.0. The van der Waals surface area contributed by atoms with Gasteiger partial charge in [0.05, 0.1) is 10.6 Å². The van der Waals surface area contributed by atoms with Crippen molar-refractivity contribution in [3.05, 3.63) is 95.8 Å². The van der Waals surface area contributed by atoms with E-state index in [4.69, 9.17) is 0 Å². The molecule has 214 valence electrons. The molecule has 9 heteroatoms. The van der Waals surface area contributed by atoms with Gasteiger partial charge in [-0.15, -0.1) is 0 Å². The largest absolute Gasteiger partial charge is 0.354 e. The molecule has 0 bridgehead atoms. The molecule has 3 aromatic rings. The fraction of sp³-hybridized carbons (Fsp3) is 0.355. The van der Waals surface area contributed by atoms with E-state index >= 15 is 0 Å². The van der Waals surface area contributed by atoms with Crippen molar-refractivity contribution >= 4 is 27.5 Å². The molecule has 7 nitrogen and oxygen atoms in total. The summed E-state index contributed by atoms with van der Waals surface area (Å²) in [6.07, 6.45) is 1.04. The van der Waals surface area contributed by atoms with E-state index in [1.807, 2.05) is 32.9 Å². The molecule has 0 saturated heterocycles. The third-order valence-electron chi connectivity index (χ3n) is 6.66. The highest BCUT2D eigenvalue weighted by Crippen LogP contribution is 2.27. The Balaban J connectivity index is 2.04. The third-order valence-corrected chi connectivity index (χ3v) is 8.45. The van der Waals surface area contributed by atoms with Gasteiger partial charge in [-0.05, 0) is 66.3 Å². The number of nitrogens with one attached hydrogen (secondary N) is 1. The van der Waals surface area contributed by atoms with Crippen molar-refractivity contribution in [3.8, 4) is 0 Å². The first-order valence-electron chi connectivity index (χ1n) is 13.6. The van der Waals surface area contributed by atoms with Crippen LogP contribution in [0.25, 0.3) is 0 Å². The molecule has 0 aliphatic heterocycles. The minimum atomic E-state index is -4.13. The standard InChI is InChI=1S/C31H38FN3O4S/c1-5-20-33-31(37)29(6-2)34(21-24-12-16-26(32)17-13-24)30(36)22-35(27-18-14-25(15-19-27)23(3)4)40(38,39)28-10-8-7-9-11-28/h7-19,23,29H,5-6,20-22H2,1-4H3,(H,33,37)/t29-/m1/s1. The number of hydrogen-bond donors (Lipinski definition) is 1. The van der Waals surface area contributed by atoms with Gasteiger partial charge in [-0.25, -0.2) is 12.8 Å². The van der Waals surface area contributed by atoms with Crippen LogP contribution in [0.1, 0.15) is 57.6 Å². The number of rotatable bonds is 13. The maximum absolute atomic E-state index is 14.0. The summed E-state index contributed by atoms with van der Waals surface area (Å²) in [4.78, 5) is 28.5. The molecular weight excluding hydrogens is 529 g/mol. The summed E-state index contributed by atoms with van der Waals surface area (Å²) in [5.41, 5.74) is 1.99. The number of anilines is 1. The van der Waals surface area contributed by atoms with Crippen molar-refractivity contribution in [2.75, 3.05) is 17.4 Å². The first-order chi connectivity index (χ1) is 19.1. The molecule has 0 aliphatic rings. The highest BCUT2D eigenvalue weighted by Gasteiger charge is 2.33. The van der Waals surface area contributed by atoms with Gasteiger partial charge in [0.25, 0.3) is 10.0 Å². The Kier molecular flexibility index (Phi) is 10.8. The van der Waals surface area contributed by atoms with Crippen LogP contribution in [-0.2, 0) is 26.2 Å². The van der Waals surface area contributed by atoms with Gasteiger partial charge >= 0.3 is 0 Å². The molecule has 0 heterocycles. The zero-order valence-corrected chi connectivity index (χ0v) is 24.3. The van der Waals surface area contributed by atoms with Crippen molar-refractivity contribution in [2.24, 2.45) is 0 Å². The number of carbonyl (C=O) groups excluding carboxylic acids is 2. The summed E-state index contributed by atoms with van der Waals surface area (Å²) in [7, 11) is -4.13. The molecule has 2 amide bonds. The van der Waals surface area contributed by atoms with Crippen molar-refractivity contribution < 1.29 is 22.4 Å². The smallest absolute Gasteiger partial charge is 0.264 e. The van der Waals surface area contributed by atoms with Crippen LogP contribution in [0.2, 0.25) is 0 Å². The van der Waals surface area contributed by atoms with E-state index < -0.39 is 34.3 Å². The van der Waals surface area contributed by atoms with E-state index in [9.17, 15) is 22.4 Å². The Morgan fingerprint density at radius 2 is 1.52 bits per heavy atom. The topological polar surface area (TPSA) is 86.8 Å². The van der Waals surface area contributed by atoms with Gasteiger partial charge in [0.1, 0.15) is 18.4 Å². The molecule has 0 aliphatic carbocycles. The number of benzene rings is 3. The second-order valence-electron chi connectivity index (χ2n) is 9.93. The second-order valence-corrected chi connectivity index (χ2v) is 11.8. The Bertz CT molecular complexity index is 1360. The minimum absolute atomic E-state index is 0.0165. The van der Waals surface area contributed by atoms with E-state index in [1.165, 1.54) is 29.2 Å². The van der Waals surface area contributed by atoms with Crippen molar-refractivity contribution in [1.82, 2.24) is 10.2 Å². The van der Waals surface area contributed by atoms with Crippen LogP contribution < -0.4 is 9.62 Å². The van der Waals surface area contributed by atoms with Gasteiger partial charge in [-0.2, -0.15) is 0 Å². The van der Waals surface area contributed by atoms with E-state index in [0.29, 0.717) is 24.2 Å². The number of sulfonamides is 1. The molecule has 1 N–H and O–H groups in total. The van der Waals surface area contributed by atoms with Crippen LogP contribution >= 0.6 is 0 Å². The summed E-state index contributed by atoms with van der Waals surface area (Å²) < 4.78 is 42.4. The molecule has 40 heavy (non-hydrogen) atoms. The molecule has 3 rings (SSSR count). The minimum Gasteiger partial charge on any atom is -0.354 e. The average Bonchev–Trinajstić information content (AvgIpc) is 2.96. The first-order valence-corrected chi connectivity index (χ1v) is 15.0. The quantitative estimate of drug-likeness (QED) is 0.296. The van der Waals surface area contributed by atoms with Gasteiger partial charge in [0.15, 0.2) is 0 Å². The summed E-state index contributed by atoms with van der Waals surface area (Å²) in [6.45, 7) is 7.76. The Hall–Kier alpha value is -3.72. The van der Waals surface area contributed by atoms with Gasteiger partial charge in [0.2, 0.25) is 11.8 Å². The van der Waals surface area contributed by atoms with Crippen LogP contribution in [0.5, 0.6) is 0 Å². The number of carbonyl (C=O) groups is 2. The molecule has 0 aromatic heterocycles. The van der Waals surface area contributed by atoms with E-state index in [1.54, 1.807) is 49.4 Å². The van der Waals surface area contributed by atoms with Gasteiger partial charge in [-0.1, -0.05) is 70.2 Å². The van der Waals surface area contributed by atoms with Crippen LogP contribution in [0.4, 0.5) is 10.1 Å². The van der Waals surface area contributed by atoms with E-state index in [0.717, 1.165) is 16.3 Å². The second kappa shape index (κ2) is 14.1. The molecule has 1 atom stereocenters. The fourth-order valence-electron chi connectivity index (χ4n) is 4.35. The van der Waals surface area contributed by atoms with Crippen LogP contribution in [-0.4, -0.2) is 44.3 Å². The van der Waals surface area contributed by atoms with Crippen LogP contribution in [0.3, 0.4) is 0 Å². The lowest BCUT2D eigenvalue weighted by Gasteiger charge is -2.33. The molecule has 0 spiro atoms. The molecule has 0 unspecified atom stereocenters. The maximum Gasteiger partial charge on any atom is 0.264 e. The van der Waals surface area contributed by atoms with Crippen molar-refractivity contribution in [2.45, 2.75) is 63.9 Å². The lowest BCUT2D eigenvalue weighted by molar-refractivity contribution is -0.140. The van der Waals surface area contributed by atoms with Crippen molar-refractivity contribution in [1.29, 1.82) is 0 Å². The zero-order chi connectivity index (χ0) is 29.3. The monoisotopic (exact) mass is 567 g/mol.